The smallest absolute Gasteiger partial charge is 0.295 e. The Morgan fingerprint density at radius 2 is 1.62 bits per heavy atom. The summed E-state index contributed by atoms with van der Waals surface area (Å²) >= 11 is 0. The molecule has 0 atom stereocenters. The zero-order valence-electron chi connectivity index (χ0n) is 21.2. The van der Waals surface area contributed by atoms with Crippen molar-refractivity contribution in [2.45, 2.75) is 20.4 Å². The molecular weight excluding hydrogens is 462 g/mol. The van der Waals surface area contributed by atoms with Crippen molar-refractivity contribution in [1.82, 2.24) is 9.36 Å². The van der Waals surface area contributed by atoms with E-state index in [9.17, 15) is 14.9 Å². The van der Waals surface area contributed by atoms with Crippen LogP contribution in [0.4, 0.5) is 11.4 Å². The fourth-order valence-corrected chi connectivity index (χ4v) is 4.18. The molecule has 0 bridgehead atoms. The second-order valence-electron chi connectivity index (χ2n) is 8.65. The first-order chi connectivity index (χ1) is 17.9. The minimum absolute atomic E-state index is 0.0849. The zero-order valence-corrected chi connectivity index (χ0v) is 21.2. The molecule has 0 spiro atoms. The number of anilines is 2. The van der Waals surface area contributed by atoms with Gasteiger partial charge in [0.2, 0.25) is 0 Å². The fraction of sp³-hybridized carbons (Fsp3) is 0.167. The van der Waals surface area contributed by atoms with Gasteiger partial charge in [0, 0.05) is 25.8 Å². The molecule has 0 unspecified atom stereocenters. The molecule has 37 heavy (non-hydrogen) atoms. The zero-order chi connectivity index (χ0) is 26.4. The third-order valence-corrected chi connectivity index (χ3v) is 6.33. The molecule has 0 fully saturated rings. The standard InChI is InChI=1S/C30H29N5O2/c1-4-34(21-24-11-7-5-8-12-24)26-17-15-23(16-18-26)19-25(20-31)29(36)32-28-22(2)33(3)35(30(28)37)27-13-9-6-10-14-27/h5-19H,4,21H2,1-3H3,(H,32,36)/b25-19+. The summed E-state index contributed by atoms with van der Waals surface area (Å²) < 4.78 is 3.16. The lowest BCUT2D eigenvalue weighted by atomic mass is 10.1. The van der Waals surface area contributed by atoms with Gasteiger partial charge >= 0.3 is 0 Å². The van der Waals surface area contributed by atoms with Crippen molar-refractivity contribution in [3.8, 4) is 11.8 Å². The van der Waals surface area contributed by atoms with Crippen LogP contribution in [-0.2, 0) is 18.4 Å². The number of hydrogen-bond acceptors (Lipinski definition) is 4. The maximum atomic E-state index is 13.1. The highest BCUT2D eigenvalue weighted by Gasteiger charge is 2.20. The Balaban J connectivity index is 1.53. The second-order valence-corrected chi connectivity index (χ2v) is 8.65. The van der Waals surface area contributed by atoms with Crippen LogP contribution in [0.2, 0.25) is 0 Å². The van der Waals surface area contributed by atoms with Gasteiger partial charge in [0.1, 0.15) is 17.3 Å². The predicted octanol–water partition coefficient (Wildman–Crippen LogP) is 5.06. The van der Waals surface area contributed by atoms with Gasteiger partial charge in [-0.1, -0.05) is 60.7 Å². The van der Waals surface area contributed by atoms with E-state index in [0.717, 1.165) is 24.3 Å². The highest BCUT2D eigenvalue weighted by atomic mass is 16.2. The molecule has 0 aliphatic rings. The first-order valence-corrected chi connectivity index (χ1v) is 12.1. The Hall–Kier alpha value is -4.83. The van der Waals surface area contributed by atoms with Crippen LogP contribution in [0, 0.1) is 18.3 Å². The molecule has 0 radical (unpaired) electrons. The highest BCUT2D eigenvalue weighted by molar-refractivity contribution is 6.09. The van der Waals surface area contributed by atoms with Crippen LogP contribution in [-0.4, -0.2) is 21.8 Å². The summed E-state index contributed by atoms with van der Waals surface area (Å²) in [6.45, 7) is 5.48. The van der Waals surface area contributed by atoms with Crippen molar-refractivity contribution in [3.05, 3.63) is 118 Å². The van der Waals surface area contributed by atoms with Crippen LogP contribution in [0.5, 0.6) is 0 Å². The highest BCUT2D eigenvalue weighted by Crippen LogP contribution is 2.20. The van der Waals surface area contributed by atoms with Crippen molar-refractivity contribution in [3.63, 3.8) is 0 Å². The average molecular weight is 492 g/mol. The van der Waals surface area contributed by atoms with E-state index in [2.05, 4.69) is 29.3 Å². The number of nitriles is 1. The lowest BCUT2D eigenvalue weighted by Crippen LogP contribution is -2.23. The molecule has 0 saturated carbocycles. The Morgan fingerprint density at radius 1 is 1.00 bits per heavy atom. The fourth-order valence-electron chi connectivity index (χ4n) is 4.18. The average Bonchev–Trinajstić information content (AvgIpc) is 3.14. The number of carbonyl (C=O) groups is 1. The van der Waals surface area contributed by atoms with Crippen molar-refractivity contribution < 1.29 is 4.79 Å². The van der Waals surface area contributed by atoms with Gasteiger partial charge in [0.25, 0.3) is 11.5 Å². The molecule has 7 heteroatoms. The molecule has 0 saturated heterocycles. The first kappa shape index (κ1) is 25.3. The minimum Gasteiger partial charge on any atom is -0.367 e. The summed E-state index contributed by atoms with van der Waals surface area (Å²) in [6.07, 6.45) is 1.53. The molecule has 1 amide bonds. The number of hydrogen-bond donors (Lipinski definition) is 1. The summed E-state index contributed by atoms with van der Waals surface area (Å²) in [6, 6.07) is 29.1. The van der Waals surface area contributed by atoms with E-state index < -0.39 is 5.91 Å². The number of rotatable bonds is 8. The van der Waals surface area contributed by atoms with E-state index in [1.165, 1.54) is 16.3 Å². The second kappa shape index (κ2) is 11.3. The van der Waals surface area contributed by atoms with E-state index in [4.69, 9.17) is 0 Å². The third-order valence-electron chi connectivity index (χ3n) is 6.33. The van der Waals surface area contributed by atoms with Crippen LogP contribution >= 0.6 is 0 Å². The van der Waals surface area contributed by atoms with Crippen molar-refractivity contribution in [1.29, 1.82) is 5.26 Å². The van der Waals surface area contributed by atoms with Gasteiger partial charge in [-0.05, 0) is 55.3 Å². The molecule has 186 valence electrons. The third kappa shape index (κ3) is 5.54. The summed E-state index contributed by atoms with van der Waals surface area (Å²) in [5, 5.41) is 12.3. The van der Waals surface area contributed by atoms with E-state index in [1.54, 1.807) is 18.7 Å². The SMILES string of the molecule is CCN(Cc1ccccc1)c1ccc(/C=C(\C#N)C(=O)Nc2c(C)n(C)n(-c3ccccc3)c2=O)cc1. The first-order valence-electron chi connectivity index (χ1n) is 12.1. The van der Waals surface area contributed by atoms with Gasteiger partial charge in [-0.15, -0.1) is 0 Å². The number of benzene rings is 3. The predicted molar refractivity (Wildman–Crippen MR) is 148 cm³/mol. The van der Waals surface area contributed by atoms with Crippen molar-refractivity contribution >= 4 is 23.4 Å². The number of nitrogens with zero attached hydrogens (tertiary/aromatic N) is 4. The molecule has 4 rings (SSSR count). The molecule has 7 nitrogen and oxygen atoms in total. The summed E-state index contributed by atoms with van der Waals surface area (Å²) in [4.78, 5) is 28.3. The quantitative estimate of drug-likeness (QED) is 0.276. The number of nitrogens with one attached hydrogen (secondary N) is 1. The Labute approximate surface area is 216 Å². The van der Waals surface area contributed by atoms with Gasteiger partial charge in [-0.2, -0.15) is 5.26 Å². The van der Waals surface area contributed by atoms with E-state index >= 15 is 0 Å². The van der Waals surface area contributed by atoms with Crippen LogP contribution in [0.1, 0.15) is 23.7 Å². The monoisotopic (exact) mass is 491 g/mol. The number of aromatic nitrogens is 2. The number of amides is 1. The molecule has 1 aromatic heterocycles. The van der Waals surface area contributed by atoms with E-state index in [1.807, 2.05) is 78.9 Å². The van der Waals surface area contributed by atoms with Crippen molar-refractivity contribution in [2.24, 2.45) is 7.05 Å². The maximum Gasteiger partial charge on any atom is 0.295 e. The molecule has 4 aromatic rings. The maximum absolute atomic E-state index is 13.1. The van der Waals surface area contributed by atoms with E-state index in [-0.39, 0.29) is 16.8 Å². The lowest BCUT2D eigenvalue weighted by molar-refractivity contribution is -0.112. The van der Waals surface area contributed by atoms with Crippen LogP contribution in [0.25, 0.3) is 11.8 Å². The molecule has 1 N–H and O–H groups in total. The Bertz CT molecular complexity index is 1510. The van der Waals surface area contributed by atoms with Crippen molar-refractivity contribution in [2.75, 3.05) is 16.8 Å². The molecule has 0 aliphatic heterocycles. The Morgan fingerprint density at radius 3 is 2.22 bits per heavy atom. The van der Waals surface area contributed by atoms with Gasteiger partial charge in [0.15, 0.2) is 0 Å². The summed E-state index contributed by atoms with van der Waals surface area (Å²) in [5.74, 6) is -0.628. The number of para-hydroxylation sites is 1. The van der Waals surface area contributed by atoms with Gasteiger partial charge in [0.05, 0.1) is 11.4 Å². The number of carbonyl (C=O) groups excluding carboxylic acids is 1. The summed E-state index contributed by atoms with van der Waals surface area (Å²) in [5.41, 5.74) is 3.96. The van der Waals surface area contributed by atoms with Gasteiger partial charge in [-0.25, -0.2) is 4.68 Å². The van der Waals surface area contributed by atoms with E-state index in [0.29, 0.717) is 11.4 Å². The molecular formula is C30H29N5O2. The Kier molecular flexibility index (Phi) is 7.70. The molecule has 1 heterocycles. The molecule has 0 aliphatic carbocycles. The van der Waals surface area contributed by atoms with Gasteiger partial charge in [-0.3, -0.25) is 14.3 Å². The van der Waals surface area contributed by atoms with Crippen LogP contribution in [0.15, 0.2) is 95.3 Å². The van der Waals surface area contributed by atoms with Gasteiger partial charge < -0.3 is 10.2 Å². The minimum atomic E-state index is -0.628. The van der Waals surface area contributed by atoms with Crippen LogP contribution in [0.3, 0.4) is 0 Å². The van der Waals surface area contributed by atoms with Crippen LogP contribution < -0.4 is 15.8 Å². The normalized spacial score (nSPS) is 11.1. The topological polar surface area (TPSA) is 83.1 Å². The lowest BCUT2D eigenvalue weighted by Gasteiger charge is -2.23. The molecule has 3 aromatic carbocycles. The summed E-state index contributed by atoms with van der Waals surface area (Å²) in [7, 11) is 1.75. The largest absolute Gasteiger partial charge is 0.367 e.